The van der Waals surface area contributed by atoms with Crippen LogP contribution in [0.1, 0.15) is 41.5 Å². The second-order valence-electron chi connectivity index (χ2n) is 5.42. The number of carbonyl (C=O) groups excluding carboxylic acids is 1. The number of hydrogen-bond acceptors (Lipinski definition) is 3. The molecule has 0 fully saturated rings. The van der Waals surface area contributed by atoms with E-state index in [2.05, 4.69) is 0 Å². The van der Waals surface area contributed by atoms with Crippen molar-refractivity contribution in [3.63, 3.8) is 0 Å². The molecule has 4 heteroatoms. The van der Waals surface area contributed by atoms with E-state index in [0.29, 0.717) is 0 Å². The monoisotopic (exact) mass is 217 g/mol. The van der Waals surface area contributed by atoms with Gasteiger partial charge < -0.3 is 14.7 Å². The van der Waals surface area contributed by atoms with E-state index in [1.54, 1.807) is 27.8 Å². The zero-order chi connectivity index (χ0) is 12.4. The van der Waals surface area contributed by atoms with Crippen LogP contribution in [0, 0.1) is 0 Å². The molecule has 1 amide bonds. The number of rotatable bonds is 2. The Balaban J connectivity index is 4.46. The molecular weight excluding hydrogens is 194 g/mol. The summed E-state index contributed by atoms with van der Waals surface area (Å²) in [6, 6.07) is -0.299. The van der Waals surface area contributed by atoms with Crippen LogP contribution in [0.2, 0.25) is 0 Å². The summed E-state index contributed by atoms with van der Waals surface area (Å²) >= 11 is 0. The van der Waals surface area contributed by atoms with Crippen molar-refractivity contribution in [2.24, 2.45) is 0 Å². The third-order valence-electron chi connectivity index (χ3n) is 2.28. The molecule has 1 N–H and O–H groups in total. The van der Waals surface area contributed by atoms with Crippen molar-refractivity contribution in [1.82, 2.24) is 4.90 Å². The van der Waals surface area contributed by atoms with Crippen LogP contribution >= 0.6 is 0 Å². The molecule has 15 heavy (non-hydrogen) atoms. The van der Waals surface area contributed by atoms with Crippen LogP contribution in [0.15, 0.2) is 0 Å². The summed E-state index contributed by atoms with van der Waals surface area (Å²) in [6.07, 6.45) is -0.419. The predicted molar refractivity (Wildman–Crippen MR) is 59.8 cm³/mol. The number of aliphatic hydroxyl groups is 1. The predicted octanol–water partition coefficient (Wildman–Crippen LogP) is 2.01. The Morgan fingerprint density at radius 1 is 1.27 bits per heavy atom. The summed E-state index contributed by atoms with van der Waals surface area (Å²) in [5, 5.41) is 9.75. The summed E-state index contributed by atoms with van der Waals surface area (Å²) in [4.78, 5) is 13.0. The van der Waals surface area contributed by atoms with E-state index < -0.39 is 17.3 Å². The highest BCUT2D eigenvalue weighted by Crippen LogP contribution is 2.17. The highest BCUT2D eigenvalue weighted by atomic mass is 16.6. The first-order valence-electron chi connectivity index (χ1n) is 5.13. The third kappa shape index (κ3) is 5.02. The van der Waals surface area contributed by atoms with Crippen LogP contribution in [0.25, 0.3) is 0 Å². The van der Waals surface area contributed by atoms with E-state index in [4.69, 9.17) is 4.74 Å². The molecule has 1 atom stereocenters. The maximum Gasteiger partial charge on any atom is 0.410 e. The second-order valence-corrected chi connectivity index (χ2v) is 5.42. The largest absolute Gasteiger partial charge is 0.444 e. The van der Waals surface area contributed by atoms with Crippen LogP contribution in [0.4, 0.5) is 4.79 Å². The van der Waals surface area contributed by atoms with Gasteiger partial charge in [0.1, 0.15) is 5.60 Å². The van der Waals surface area contributed by atoms with Gasteiger partial charge in [0.25, 0.3) is 0 Å². The molecule has 0 aromatic rings. The molecule has 0 aliphatic carbocycles. The van der Waals surface area contributed by atoms with Crippen molar-refractivity contribution in [1.29, 1.82) is 0 Å². The Hall–Kier alpha value is -0.770. The zero-order valence-electron chi connectivity index (χ0n) is 10.8. The maximum absolute atomic E-state index is 11.6. The lowest BCUT2D eigenvalue weighted by atomic mass is 10.00. The van der Waals surface area contributed by atoms with Gasteiger partial charge in [0.15, 0.2) is 0 Å². The summed E-state index contributed by atoms with van der Waals surface area (Å²) in [5.74, 6) is 0. The molecule has 0 bridgehead atoms. The molecule has 0 aromatic heterocycles. The van der Waals surface area contributed by atoms with Gasteiger partial charge in [0, 0.05) is 7.05 Å². The van der Waals surface area contributed by atoms with Gasteiger partial charge in [-0.05, 0) is 41.5 Å². The van der Waals surface area contributed by atoms with E-state index >= 15 is 0 Å². The lowest BCUT2D eigenvalue weighted by Gasteiger charge is -2.35. The fourth-order valence-electron chi connectivity index (χ4n) is 0.966. The average molecular weight is 217 g/mol. The lowest BCUT2D eigenvalue weighted by molar-refractivity contribution is -0.0240. The molecule has 90 valence electrons. The fourth-order valence-corrected chi connectivity index (χ4v) is 0.966. The number of ether oxygens (including phenoxy) is 1. The van der Waals surface area contributed by atoms with Gasteiger partial charge in [-0.2, -0.15) is 0 Å². The summed E-state index contributed by atoms with van der Waals surface area (Å²) in [7, 11) is 1.62. The van der Waals surface area contributed by atoms with Crippen LogP contribution < -0.4 is 0 Å². The number of likely N-dealkylation sites (N-methyl/N-ethyl adjacent to an activating group) is 1. The van der Waals surface area contributed by atoms with E-state index in [1.165, 1.54) is 4.90 Å². The first-order valence-corrected chi connectivity index (χ1v) is 5.13. The van der Waals surface area contributed by atoms with Crippen LogP contribution in [-0.4, -0.2) is 40.4 Å². The van der Waals surface area contributed by atoms with Crippen LogP contribution in [0.3, 0.4) is 0 Å². The molecule has 0 heterocycles. The summed E-state index contributed by atoms with van der Waals surface area (Å²) in [6.45, 7) is 10.6. The van der Waals surface area contributed by atoms with Crippen molar-refractivity contribution in [3.8, 4) is 0 Å². The molecule has 0 aliphatic heterocycles. The molecule has 0 radical (unpaired) electrons. The molecular formula is C11H23NO3. The van der Waals surface area contributed by atoms with Crippen molar-refractivity contribution in [3.05, 3.63) is 0 Å². The van der Waals surface area contributed by atoms with Gasteiger partial charge in [0.05, 0.1) is 11.6 Å². The Kier molecular flexibility index (Phi) is 4.17. The smallest absolute Gasteiger partial charge is 0.410 e. The van der Waals surface area contributed by atoms with Crippen molar-refractivity contribution in [2.75, 3.05) is 7.05 Å². The number of amides is 1. The number of hydrogen-bond donors (Lipinski definition) is 1. The average Bonchev–Trinajstić information content (AvgIpc) is 1.96. The molecule has 0 aliphatic rings. The minimum atomic E-state index is -0.939. The normalized spacial score (nSPS) is 14.7. The summed E-state index contributed by atoms with van der Waals surface area (Å²) < 4.78 is 5.19. The number of carbonyl (C=O) groups is 1. The molecule has 0 aromatic carbocycles. The van der Waals surface area contributed by atoms with Crippen molar-refractivity contribution >= 4 is 6.09 Å². The third-order valence-corrected chi connectivity index (χ3v) is 2.28. The highest BCUT2D eigenvalue weighted by Gasteiger charge is 2.31. The Labute approximate surface area is 92.2 Å². The minimum absolute atomic E-state index is 0.299. The highest BCUT2D eigenvalue weighted by molar-refractivity contribution is 5.68. The molecule has 0 rings (SSSR count). The van der Waals surface area contributed by atoms with E-state index in [0.717, 1.165) is 0 Å². The van der Waals surface area contributed by atoms with Gasteiger partial charge >= 0.3 is 6.09 Å². The Morgan fingerprint density at radius 2 is 1.67 bits per heavy atom. The first kappa shape index (κ1) is 14.2. The van der Waals surface area contributed by atoms with Crippen molar-refractivity contribution in [2.45, 2.75) is 58.8 Å². The topological polar surface area (TPSA) is 49.8 Å². The molecule has 0 saturated heterocycles. The summed E-state index contributed by atoms with van der Waals surface area (Å²) in [5.41, 5.74) is -1.45. The zero-order valence-corrected chi connectivity index (χ0v) is 10.8. The quantitative estimate of drug-likeness (QED) is 0.769. The Bertz CT molecular complexity index is 225. The molecule has 0 unspecified atom stereocenters. The first-order chi connectivity index (χ1) is 6.45. The standard InChI is InChI=1S/C11H23NO3/c1-8(11(5,6)14)12(7)9(13)15-10(2,3)4/h8,14H,1-7H3/t8-/m0/s1. The number of nitrogens with zero attached hydrogens (tertiary/aromatic N) is 1. The van der Waals surface area contributed by atoms with Gasteiger partial charge in [-0.3, -0.25) is 0 Å². The van der Waals surface area contributed by atoms with E-state index in [9.17, 15) is 9.90 Å². The molecule has 0 spiro atoms. The molecule has 4 nitrogen and oxygen atoms in total. The van der Waals surface area contributed by atoms with Gasteiger partial charge in [-0.15, -0.1) is 0 Å². The van der Waals surface area contributed by atoms with E-state index in [-0.39, 0.29) is 6.04 Å². The lowest BCUT2D eigenvalue weighted by Crippen LogP contribution is -2.49. The van der Waals surface area contributed by atoms with Gasteiger partial charge in [-0.1, -0.05) is 0 Å². The van der Waals surface area contributed by atoms with Crippen LogP contribution in [0.5, 0.6) is 0 Å². The second kappa shape index (κ2) is 4.39. The molecule has 0 saturated carbocycles. The van der Waals surface area contributed by atoms with Gasteiger partial charge in [-0.25, -0.2) is 4.79 Å². The van der Waals surface area contributed by atoms with Gasteiger partial charge in [0.2, 0.25) is 0 Å². The fraction of sp³-hybridized carbons (Fsp3) is 0.909. The minimum Gasteiger partial charge on any atom is -0.444 e. The SMILES string of the molecule is C[C@H](N(C)C(=O)OC(C)(C)C)C(C)(C)O. The maximum atomic E-state index is 11.6. The van der Waals surface area contributed by atoms with Crippen molar-refractivity contribution < 1.29 is 14.6 Å². The van der Waals surface area contributed by atoms with E-state index in [1.807, 2.05) is 20.8 Å². The van der Waals surface area contributed by atoms with Crippen LogP contribution in [-0.2, 0) is 4.74 Å². The Morgan fingerprint density at radius 3 is 1.93 bits per heavy atom.